The molecule has 1 saturated carbocycles. The first-order valence-electron chi connectivity index (χ1n) is 7.30. The molecule has 1 fully saturated rings. The SMILES string of the molecule is CC1CCC(NC(=O)c2ccc(C#CCCO)cc2F)C1. The minimum Gasteiger partial charge on any atom is -0.395 e. The van der Waals surface area contributed by atoms with Gasteiger partial charge in [0.15, 0.2) is 0 Å². The summed E-state index contributed by atoms with van der Waals surface area (Å²) in [5, 5.41) is 11.5. The van der Waals surface area contributed by atoms with Gasteiger partial charge in [0.25, 0.3) is 5.91 Å². The molecule has 1 aromatic rings. The molecule has 1 aliphatic carbocycles. The molecule has 0 bridgehead atoms. The normalized spacial score (nSPS) is 20.7. The Balaban J connectivity index is 2.03. The van der Waals surface area contributed by atoms with Crippen LogP contribution >= 0.6 is 0 Å². The highest BCUT2D eigenvalue weighted by Crippen LogP contribution is 2.25. The minimum absolute atomic E-state index is 0.0181. The zero-order valence-corrected chi connectivity index (χ0v) is 12.2. The van der Waals surface area contributed by atoms with Crippen molar-refractivity contribution < 1.29 is 14.3 Å². The molecule has 2 N–H and O–H groups in total. The molecule has 0 heterocycles. The predicted molar refractivity (Wildman–Crippen MR) is 79.3 cm³/mol. The summed E-state index contributed by atoms with van der Waals surface area (Å²) in [6, 6.07) is 4.50. The molecule has 2 atom stereocenters. The molecule has 0 spiro atoms. The molecule has 3 nitrogen and oxygen atoms in total. The summed E-state index contributed by atoms with van der Waals surface area (Å²) in [5.41, 5.74) is 0.564. The second-order valence-electron chi connectivity index (χ2n) is 5.56. The van der Waals surface area contributed by atoms with E-state index in [1.807, 2.05) is 0 Å². The van der Waals surface area contributed by atoms with Gasteiger partial charge in [-0.3, -0.25) is 4.79 Å². The zero-order valence-electron chi connectivity index (χ0n) is 12.2. The summed E-state index contributed by atoms with van der Waals surface area (Å²) in [6.07, 6.45) is 3.37. The number of halogens is 1. The number of aliphatic hydroxyl groups excluding tert-OH is 1. The molecule has 1 aromatic carbocycles. The Morgan fingerprint density at radius 2 is 2.29 bits per heavy atom. The average molecular weight is 289 g/mol. The largest absolute Gasteiger partial charge is 0.395 e. The van der Waals surface area contributed by atoms with Crippen molar-refractivity contribution in [2.45, 2.75) is 38.6 Å². The molecule has 2 unspecified atom stereocenters. The summed E-state index contributed by atoms with van der Waals surface area (Å²) < 4.78 is 14.0. The first kappa shape index (κ1) is 15.5. The van der Waals surface area contributed by atoms with Crippen molar-refractivity contribution >= 4 is 5.91 Å². The third-order valence-electron chi connectivity index (χ3n) is 3.71. The lowest BCUT2D eigenvalue weighted by Gasteiger charge is -2.12. The standard InChI is InChI=1S/C17H20FNO2/c1-12-5-7-14(10-12)19-17(21)15-8-6-13(11-16(15)18)4-2-3-9-20/h6,8,11-12,14,20H,3,5,7,9-10H2,1H3,(H,19,21). The maximum Gasteiger partial charge on any atom is 0.254 e. The highest BCUT2D eigenvalue weighted by Gasteiger charge is 2.24. The van der Waals surface area contributed by atoms with E-state index in [-0.39, 0.29) is 24.1 Å². The van der Waals surface area contributed by atoms with Crippen molar-refractivity contribution in [1.82, 2.24) is 5.32 Å². The van der Waals surface area contributed by atoms with E-state index in [1.54, 1.807) is 6.07 Å². The fraction of sp³-hybridized carbons (Fsp3) is 0.471. The van der Waals surface area contributed by atoms with Crippen LogP contribution in [0.3, 0.4) is 0 Å². The van der Waals surface area contributed by atoms with Gasteiger partial charge in [-0.1, -0.05) is 18.8 Å². The number of rotatable bonds is 3. The van der Waals surface area contributed by atoms with E-state index in [4.69, 9.17) is 5.11 Å². The summed E-state index contributed by atoms with van der Waals surface area (Å²) >= 11 is 0. The van der Waals surface area contributed by atoms with Crippen LogP contribution < -0.4 is 5.32 Å². The van der Waals surface area contributed by atoms with Crippen LogP contribution in [0.4, 0.5) is 4.39 Å². The molecule has 112 valence electrons. The second kappa shape index (κ2) is 7.24. The van der Waals surface area contributed by atoms with E-state index in [0.29, 0.717) is 17.9 Å². The quantitative estimate of drug-likeness (QED) is 0.840. The topological polar surface area (TPSA) is 49.3 Å². The van der Waals surface area contributed by atoms with Crippen LogP contribution in [0.1, 0.15) is 48.5 Å². The molecule has 21 heavy (non-hydrogen) atoms. The van der Waals surface area contributed by atoms with Gasteiger partial charge in [-0.2, -0.15) is 0 Å². The van der Waals surface area contributed by atoms with Crippen LogP contribution in [-0.4, -0.2) is 23.7 Å². The number of benzene rings is 1. The number of amides is 1. The summed E-state index contributed by atoms with van der Waals surface area (Å²) in [4.78, 5) is 12.1. The Kier molecular flexibility index (Phi) is 5.35. The maximum absolute atomic E-state index is 14.0. The van der Waals surface area contributed by atoms with Gasteiger partial charge in [0.2, 0.25) is 0 Å². The molecule has 4 heteroatoms. The van der Waals surface area contributed by atoms with Crippen LogP contribution in [0.5, 0.6) is 0 Å². The van der Waals surface area contributed by atoms with E-state index in [1.165, 1.54) is 12.1 Å². The number of hydrogen-bond donors (Lipinski definition) is 2. The maximum atomic E-state index is 14.0. The predicted octanol–water partition coefficient (Wildman–Crippen LogP) is 2.48. The van der Waals surface area contributed by atoms with Gasteiger partial charge in [-0.15, -0.1) is 0 Å². The van der Waals surface area contributed by atoms with E-state index >= 15 is 0 Å². The van der Waals surface area contributed by atoms with Crippen LogP contribution in [0.2, 0.25) is 0 Å². The van der Waals surface area contributed by atoms with Crippen molar-refractivity contribution in [1.29, 1.82) is 0 Å². The molecule has 0 aromatic heterocycles. The lowest BCUT2D eigenvalue weighted by Crippen LogP contribution is -2.33. The average Bonchev–Trinajstić information content (AvgIpc) is 2.84. The van der Waals surface area contributed by atoms with Crippen molar-refractivity contribution in [2.75, 3.05) is 6.61 Å². The molecular formula is C17H20FNO2. The van der Waals surface area contributed by atoms with Gasteiger partial charge >= 0.3 is 0 Å². The molecule has 2 rings (SSSR count). The number of hydrogen-bond acceptors (Lipinski definition) is 2. The van der Waals surface area contributed by atoms with Gasteiger partial charge in [0.1, 0.15) is 5.82 Å². The molecule has 1 amide bonds. The van der Waals surface area contributed by atoms with Crippen LogP contribution in [0.15, 0.2) is 18.2 Å². The lowest BCUT2D eigenvalue weighted by atomic mass is 10.1. The summed E-state index contributed by atoms with van der Waals surface area (Å²) in [5.74, 6) is 5.17. The van der Waals surface area contributed by atoms with Gasteiger partial charge in [0.05, 0.1) is 12.2 Å². The van der Waals surface area contributed by atoms with Gasteiger partial charge in [-0.05, 0) is 43.4 Å². The molecule has 1 aliphatic rings. The fourth-order valence-electron chi connectivity index (χ4n) is 2.60. The third-order valence-corrected chi connectivity index (χ3v) is 3.71. The van der Waals surface area contributed by atoms with Crippen LogP contribution in [0.25, 0.3) is 0 Å². The van der Waals surface area contributed by atoms with Gasteiger partial charge < -0.3 is 10.4 Å². The van der Waals surface area contributed by atoms with Crippen LogP contribution in [0, 0.1) is 23.6 Å². The Morgan fingerprint density at radius 1 is 1.48 bits per heavy atom. The van der Waals surface area contributed by atoms with Gasteiger partial charge in [0, 0.05) is 18.0 Å². The Morgan fingerprint density at radius 3 is 2.90 bits per heavy atom. The van der Waals surface area contributed by atoms with Crippen molar-refractivity contribution in [3.8, 4) is 11.8 Å². The van der Waals surface area contributed by atoms with Gasteiger partial charge in [-0.25, -0.2) is 4.39 Å². The number of aliphatic hydroxyl groups is 1. The summed E-state index contributed by atoms with van der Waals surface area (Å²) in [6.45, 7) is 2.14. The monoisotopic (exact) mass is 289 g/mol. The van der Waals surface area contributed by atoms with Crippen LogP contribution in [-0.2, 0) is 0 Å². The number of nitrogens with one attached hydrogen (secondary N) is 1. The van der Waals surface area contributed by atoms with E-state index < -0.39 is 5.82 Å². The van der Waals surface area contributed by atoms with Crippen molar-refractivity contribution in [3.05, 3.63) is 35.1 Å². The second-order valence-corrected chi connectivity index (χ2v) is 5.56. The first-order valence-corrected chi connectivity index (χ1v) is 7.30. The summed E-state index contributed by atoms with van der Waals surface area (Å²) in [7, 11) is 0. The smallest absolute Gasteiger partial charge is 0.254 e. The molecular weight excluding hydrogens is 269 g/mol. The highest BCUT2D eigenvalue weighted by molar-refractivity contribution is 5.94. The minimum atomic E-state index is -0.561. The van der Waals surface area contributed by atoms with Crippen molar-refractivity contribution in [3.63, 3.8) is 0 Å². The van der Waals surface area contributed by atoms with E-state index in [9.17, 15) is 9.18 Å². The van der Waals surface area contributed by atoms with E-state index in [0.717, 1.165) is 19.3 Å². The number of carbonyl (C=O) groups is 1. The lowest BCUT2D eigenvalue weighted by molar-refractivity contribution is 0.0933. The molecule has 0 aliphatic heterocycles. The molecule has 0 saturated heterocycles. The molecule has 0 radical (unpaired) electrons. The Bertz CT molecular complexity index is 574. The third kappa shape index (κ3) is 4.30. The Hall–Kier alpha value is -1.86. The highest BCUT2D eigenvalue weighted by atomic mass is 19.1. The fourth-order valence-corrected chi connectivity index (χ4v) is 2.60. The van der Waals surface area contributed by atoms with E-state index in [2.05, 4.69) is 24.1 Å². The van der Waals surface area contributed by atoms with Crippen molar-refractivity contribution in [2.24, 2.45) is 5.92 Å². The zero-order chi connectivity index (χ0) is 15.2. The first-order chi connectivity index (χ1) is 10.1. The Labute approximate surface area is 124 Å². The number of carbonyl (C=O) groups excluding carboxylic acids is 1.